The van der Waals surface area contributed by atoms with Crippen LogP contribution in [0.2, 0.25) is 0 Å². The first kappa shape index (κ1) is 13.1. The summed E-state index contributed by atoms with van der Waals surface area (Å²) in [5.74, 6) is 0.158. The van der Waals surface area contributed by atoms with E-state index >= 15 is 0 Å². The third-order valence-corrected chi connectivity index (χ3v) is 4.48. The average molecular weight is 325 g/mol. The van der Waals surface area contributed by atoms with Crippen molar-refractivity contribution in [3.63, 3.8) is 0 Å². The second kappa shape index (κ2) is 5.61. The molecule has 1 atom stereocenters. The van der Waals surface area contributed by atoms with E-state index in [1.54, 1.807) is 0 Å². The van der Waals surface area contributed by atoms with Gasteiger partial charge in [0.2, 0.25) is 5.91 Å². The first-order chi connectivity index (χ1) is 9.25. The number of ether oxygens (including phenoxy) is 1. The third-order valence-electron chi connectivity index (χ3n) is 3.74. The van der Waals surface area contributed by atoms with Crippen molar-refractivity contribution < 1.29 is 9.53 Å². The van der Waals surface area contributed by atoms with Gasteiger partial charge in [0, 0.05) is 24.1 Å². The van der Waals surface area contributed by atoms with Crippen LogP contribution >= 0.6 is 15.9 Å². The summed E-state index contributed by atoms with van der Waals surface area (Å²) in [4.78, 5) is 14.4. The summed E-state index contributed by atoms with van der Waals surface area (Å²) in [6, 6.07) is 6.01. The summed E-state index contributed by atoms with van der Waals surface area (Å²) >= 11 is 3.58. The van der Waals surface area contributed by atoms with Crippen LogP contribution < -0.4 is 5.32 Å². The van der Waals surface area contributed by atoms with Gasteiger partial charge in [-0.3, -0.25) is 4.79 Å². The highest BCUT2D eigenvalue weighted by molar-refractivity contribution is 9.10. The summed E-state index contributed by atoms with van der Waals surface area (Å²) in [6.45, 7) is 3.42. The van der Waals surface area contributed by atoms with Gasteiger partial charge in [0.25, 0.3) is 0 Å². The van der Waals surface area contributed by atoms with Crippen molar-refractivity contribution in [3.8, 4) is 0 Å². The van der Waals surface area contributed by atoms with Crippen LogP contribution in [-0.4, -0.2) is 43.2 Å². The van der Waals surface area contributed by atoms with E-state index in [0.29, 0.717) is 19.8 Å². The van der Waals surface area contributed by atoms with Gasteiger partial charge in [0.05, 0.1) is 13.2 Å². The zero-order valence-electron chi connectivity index (χ0n) is 10.7. The van der Waals surface area contributed by atoms with E-state index < -0.39 is 0 Å². The van der Waals surface area contributed by atoms with Crippen LogP contribution in [0, 0.1) is 0 Å². The molecule has 1 fully saturated rings. The lowest BCUT2D eigenvalue weighted by atomic mass is 9.99. The maximum Gasteiger partial charge on any atom is 0.242 e. The molecule has 2 heterocycles. The van der Waals surface area contributed by atoms with E-state index in [1.807, 2.05) is 11.0 Å². The van der Waals surface area contributed by atoms with Gasteiger partial charge in [0.15, 0.2) is 0 Å². The number of carbonyl (C=O) groups is 1. The molecule has 19 heavy (non-hydrogen) atoms. The van der Waals surface area contributed by atoms with Gasteiger partial charge in [-0.2, -0.15) is 0 Å². The molecule has 1 N–H and O–H groups in total. The van der Waals surface area contributed by atoms with Gasteiger partial charge in [-0.15, -0.1) is 0 Å². The fourth-order valence-corrected chi connectivity index (χ4v) is 3.30. The summed E-state index contributed by atoms with van der Waals surface area (Å²) in [5, 5.41) is 3.23. The number of halogens is 1. The SMILES string of the molecule is O=C(C1COCCN1)N1CCc2c(Br)cccc2C1. The van der Waals surface area contributed by atoms with Crippen molar-refractivity contribution in [2.24, 2.45) is 0 Å². The lowest BCUT2D eigenvalue weighted by molar-refractivity contribution is -0.137. The monoisotopic (exact) mass is 324 g/mol. The smallest absolute Gasteiger partial charge is 0.242 e. The van der Waals surface area contributed by atoms with E-state index in [9.17, 15) is 4.79 Å². The summed E-state index contributed by atoms with van der Waals surface area (Å²) in [7, 11) is 0. The van der Waals surface area contributed by atoms with Crippen LogP contribution in [0.5, 0.6) is 0 Å². The molecule has 5 heteroatoms. The highest BCUT2D eigenvalue weighted by Crippen LogP contribution is 2.26. The third kappa shape index (κ3) is 2.68. The molecule has 1 aromatic carbocycles. The van der Waals surface area contributed by atoms with Crippen molar-refractivity contribution in [1.29, 1.82) is 0 Å². The maximum absolute atomic E-state index is 12.4. The number of hydrogen-bond donors (Lipinski definition) is 1. The molecule has 2 aliphatic rings. The van der Waals surface area contributed by atoms with Crippen molar-refractivity contribution in [2.75, 3.05) is 26.3 Å². The minimum atomic E-state index is -0.178. The van der Waals surface area contributed by atoms with Gasteiger partial charge in [-0.1, -0.05) is 28.1 Å². The van der Waals surface area contributed by atoms with Gasteiger partial charge in [0.1, 0.15) is 6.04 Å². The van der Waals surface area contributed by atoms with Crippen LogP contribution in [0.1, 0.15) is 11.1 Å². The lowest BCUT2D eigenvalue weighted by Gasteiger charge is -2.33. The van der Waals surface area contributed by atoms with E-state index in [1.165, 1.54) is 11.1 Å². The molecule has 0 spiro atoms. The van der Waals surface area contributed by atoms with Crippen molar-refractivity contribution in [2.45, 2.75) is 19.0 Å². The molecule has 1 unspecified atom stereocenters. The average Bonchev–Trinajstić information content (AvgIpc) is 2.47. The molecule has 0 aliphatic carbocycles. The van der Waals surface area contributed by atoms with Gasteiger partial charge in [-0.25, -0.2) is 0 Å². The Bertz CT molecular complexity index is 486. The van der Waals surface area contributed by atoms with Crippen LogP contribution in [0.15, 0.2) is 22.7 Å². The quantitative estimate of drug-likeness (QED) is 0.847. The molecule has 4 nitrogen and oxygen atoms in total. The highest BCUT2D eigenvalue weighted by Gasteiger charge is 2.29. The molecule has 0 saturated carbocycles. The Morgan fingerprint density at radius 2 is 2.37 bits per heavy atom. The number of rotatable bonds is 1. The Balaban J connectivity index is 1.73. The van der Waals surface area contributed by atoms with Crippen molar-refractivity contribution in [1.82, 2.24) is 10.2 Å². The van der Waals surface area contributed by atoms with Crippen molar-refractivity contribution in [3.05, 3.63) is 33.8 Å². The molecular formula is C14H17BrN2O2. The second-order valence-electron chi connectivity index (χ2n) is 4.97. The van der Waals surface area contributed by atoms with E-state index in [2.05, 4.69) is 33.4 Å². The molecule has 0 aromatic heterocycles. The number of hydrogen-bond acceptors (Lipinski definition) is 3. The molecular weight excluding hydrogens is 308 g/mol. The van der Waals surface area contributed by atoms with Crippen LogP contribution in [0.3, 0.4) is 0 Å². The van der Waals surface area contributed by atoms with E-state index in [4.69, 9.17) is 4.74 Å². The van der Waals surface area contributed by atoms with Gasteiger partial charge >= 0.3 is 0 Å². The van der Waals surface area contributed by atoms with Gasteiger partial charge in [-0.05, 0) is 23.6 Å². The largest absolute Gasteiger partial charge is 0.378 e. The fraction of sp³-hybridized carbons (Fsp3) is 0.500. The molecule has 1 saturated heterocycles. The van der Waals surface area contributed by atoms with E-state index in [0.717, 1.165) is 24.0 Å². The first-order valence-electron chi connectivity index (χ1n) is 6.62. The predicted octanol–water partition coefficient (Wildman–Crippen LogP) is 1.32. The predicted molar refractivity (Wildman–Crippen MR) is 75.9 cm³/mol. The molecule has 102 valence electrons. The zero-order valence-corrected chi connectivity index (χ0v) is 12.3. The summed E-state index contributed by atoms with van der Waals surface area (Å²) < 4.78 is 6.51. The Hall–Kier alpha value is -0.910. The van der Waals surface area contributed by atoms with Gasteiger partial charge < -0.3 is 15.0 Å². The molecule has 0 bridgehead atoms. The molecule has 1 amide bonds. The number of nitrogens with one attached hydrogen (secondary N) is 1. The Kier molecular flexibility index (Phi) is 3.86. The maximum atomic E-state index is 12.4. The Labute approximate surface area is 121 Å². The molecule has 2 aliphatic heterocycles. The fourth-order valence-electron chi connectivity index (χ4n) is 2.70. The standard InChI is InChI=1S/C14H17BrN2O2/c15-12-3-1-2-10-8-17(6-4-11(10)12)14(18)13-9-19-7-5-16-13/h1-3,13,16H,4-9H2. The number of benzene rings is 1. The topological polar surface area (TPSA) is 41.6 Å². The minimum absolute atomic E-state index is 0.158. The summed E-state index contributed by atoms with van der Waals surface area (Å²) in [6.07, 6.45) is 0.913. The molecule has 1 aromatic rings. The summed E-state index contributed by atoms with van der Waals surface area (Å²) in [5.41, 5.74) is 2.57. The van der Waals surface area contributed by atoms with Crippen LogP contribution in [-0.2, 0) is 22.5 Å². The Morgan fingerprint density at radius 1 is 1.47 bits per heavy atom. The highest BCUT2D eigenvalue weighted by atomic mass is 79.9. The van der Waals surface area contributed by atoms with Crippen LogP contribution in [0.4, 0.5) is 0 Å². The zero-order chi connectivity index (χ0) is 13.2. The van der Waals surface area contributed by atoms with E-state index in [-0.39, 0.29) is 11.9 Å². The number of fused-ring (bicyclic) bond motifs is 1. The van der Waals surface area contributed by atoms with Crippen molar-refractivity contribution >= 4 is 21.8 Å². The number of nitrogens with zero attached hydrogens (tertiary/aromatic N) is 1. The minimum Gasteiger partial charge on any atom is -0.378 e. The second-order valence-corrected chi connectivity index (χ2v) is 5.82. The number of morpholine rings is 1. The Morgan fingerprint density at radius 3 is 3.16 bits per heavy atom. The van der Waals surface area contributed by atoms with Crippen LogP contribution in [0.25, 0.3) is 0 Å². The number of carbonyl (C=O) groups excluding carboxylic acids is 1. The first-order valence-corrected chi connectivity index (χ1v) is 7.41. The normalized spacial score (nSPS) is 23.0. The number of amides is 1. The molecule has 3 rings (SSSR count). The molecule has 0 radical (unpaired) electrons. The lowest BCUT2D eigenvalue weighted by Crippen LogP contribution is -2.53.